The van der Waals surface area contributed by atoms with E-state index in [1.807, 2.05) is 30.3 Å². The number of aliphatic hydroxyl groups is 1. The van der Waals surface area contributed by atoms with Gasteiger partial charge < -0.3 is 20.3 Å². The van der Waals surface area contributed by atoms with Gasteiger partial charge in [-0.2, -0.15) is 0 Å². The Hall–Kier alpha value is -3.52. The van der Waals surface area contributed by atoms with Gasteiger partial charge in [0, 0.05) is 41.3 Å². The number of carboxylic acid groups (broad SMARTS) is 1. The molecular formula is C28H26N2O4S. The van der Waals surface area contributed by atoms with Crippen LogP contribution in [0.2, 0.25) is 0 Å². The Balaban J connectivity index is 1.19. The monoisotopic (exact) mass is 486 g/mol. The molecule has 0 unspecified atom stereocenters. The Bertz CT molecular complexity index is 1300. The van der Waals surface area contributed by atoms with E-state index in [1.165, 1.54) is 16.9 Å². The summed E-state index contributed by atoms with van der Waals surface area (Å²) in [5.74, 6) is 0.0109. The van der Waals surface area contributed by atoms with Crippen molar-refractivity contribution in [2.24, 2.45) is 0 Å². The molecule has 35 heavy (non-hydrogen) atoms. The predicted octanol–water partition coefficient (Wildman–Crippen LogP) is 5.19. The summed E-state index contributed by atoms with van der Waals surface area (Å²) >= 11 is 1.44. The van der Waals surface area contributed by atoms with E-state index in [0.717, 1.165) is 45.7 Å². The molecule has 1 aliphatic rings. The van der Waals surface area contributed by atoms with Crippen LogP contribution in [0.5, 0.6) is 5.75 Å². The molecule has 178 valence electrons. The van der Waals surface area contributed by atoms with Crippen molar-refractivity contribution in [2.75, 3.05) is 13.1 Å². The lowest BCUT2D eigenvalue weighted by molar-refractivity contribution is 0.0697. The number of aromatic nitrogens is 1. The lowest BCUT2D eigenvalue weighted by Gasteiger charge is -2.27. The van der Waals surface area contributed by atoms with Gasteiger partial charge in [0.05, 0.1) is 11.7 Å². The van der Waals surface area contributed by atoms with Crippen LogP contribution in [0.3, 0.4) is 0 Å². The standard InChI is InChI=1S/C28H26N2O4S/c31-25(22-2-1-11-29-14-22)16-30-15-24-9-7-21-12-20(8-10-26(21)34-24)18-3-5-19(6-4-18)27-13-23(17-35-27)28(32)33/h1-6,8,10-14,17,24-25,30-31H,7,9,15-16H2,(H,32,33)/t24-,25+/m1/s1. The quantitative estimate of drug-likeness (QED) is 0.317. The number of nitrogens with zero attached hydrogens (tertiary/aromatic N) is 1. The first-order valence-electron chi connectivity index (χ1n) is 11.6. The van der Waals surface area contributed by atoms with E-state index >= 15 is 0 Å². The van der Waals surface area contributed by atoms with Crippen molar-refractivity contribution in [2.45, 2.75) is 25.0 Å². The number of aliphatic hydroxyl groups excluding tert-OH is 1. The van der Waals surface area contributed by atoms with Crippen LogP contribution < -0.4 is 10.1 Å². The fourth-order valence-electron chi connectivity index (χ4n) is 4.27. The second-order valence-electron chi connectivity index (χ2n) is 8.64. The molecule has 6 nitrogen and oxygen atoms in total. The summed E-state index contributed by atoms with van der Waals surface area (Å²) in [5.41, 5.74) is 5.57. The summed E-state index contributed by atoms with van der Waals surface area (Å²) in [6, 6.07) is 19.9. The minimum atomic E-state index is -0.902. The zero-order valence-corrected chi connectivity index (χ0v) is 19.9. The number of thiophene rings is 1. The highest BCUT2D eigenvalue weighted by Crippen LogP contribution is 2.34. The smallest absolute Gasteiger partial charge is 0.336 e. The molecular weight excluding hydrogens is 460 g/mol. The van der Waals surface area contributed by atoms with Gasteiger partial charge in [0.25, 0.3) is 0 Å². The number of benzene rings is 2. The maximum absolute atomic E-state index is 11.1. The molecule has 2 aromatic carbocycles. The van der Waals surface area contributed by atoms with Crippen LogP contribution in [0.4, 0.5) is 0 Å². The second-order valence-corrected chi connectivity index (χ2v) is 9.55. The predicted molar refractivity (Wildman–Crippen MR) is 137 cm³/mol. The normalized spacial score (nSPS) is 15.7. The number of fused-ring (bicyclic) bond motifs is 1. The molecule has 3 heterocycles. The molecule has 0 saturated carbocycles. The molecule has 7 heteroatoms. The lowest BCUT2D eigenvalue weighted by atomic mass is 9.96. The minimum absolute atomic E-state index is 0.0650. The van der Waals surface area contributed by atoms with Gasteiger partial charge in [0.2, 0.25) is 0 Å². The second kappa shape index (κ2) is 10.4. The van der Waals surface area contributed by atoms with E-state index in [4.69, 9.17) is 9.84 Å². The van der Waals surface area contributed by atoms with Gasteiger partial charge in [-0.05, 0) is 59.4 Å². The maximum atomic E-state index is 11.1. The molecule has 0 fully saturated rings. The topological polar surface area (TPSA) is 91.7 Å². The maximum Gasteiger partial charge on any atom is 0.336 e. The Kier molecular flexibility index (Phi) is 6.90. The van der Waals surface area contributed by atoms with E-state index < -0.39 is 12.1 Å². The molecule has 1 aliphatic heterocycles. The third-order valence-corrected chi connectivity index (χ3v) is 7.20. The number of hydrogen-bond acceptors (Lipinski definition) is 6. The van der Waals surface area contributed by atoms with Gasteiger partial charge in [0.15, 0.2) is 0 Å². The average molecular weight is 487 g/mol. The Labute approximate surface area is 207 Å². The third kappa shape index (κ3) is 5.43. The van der Waals surface area contributed by atoms with Gasteiger partial charge in [-0.3, -0.25) is 4.98 Å². The van der Waals surface area contributed by atoms with Crippen molar-refractivity contribution in [3.8, 4) is 27.3 Å². The summed E-state index contributed by atoms with van der Waals surface area (Å²) in [5, 5.41) is 24.4. The van der Waals surface area contributed by atoms with Gasteiger partial charge in [-0.25, -0.2) is 4.79 Å². The van der Waals surface area contributed by atoms with Gasteiger partial charge in [0.1, 0.15) is 11.9 Å². The van der Waals surface area contributed by atoms with Crippen molar-refractivity contribution in [1.82, 2.24) is 10.3 Å². The van der Waals surface area contributed by atoms with Crippen LogP contribution in [0.25, 0.3) is 21.6 Å². The average Bonchev–Trinajstić information content (AvgIpc) is 3.40. The van der Waals surface area contributed by atoms with Crippen molar-refractivity contribution in [3.63, 3.8) is 0 Å². The number of carboxylic acids is 1. The van der Waals surface area contributed by atoms with Crippen molar-refractivity contribution in [3.05, 3.63) is 95.1 Å². The first-order chi connectivity index (χ1) is 17.1. The molecule has 5 rings (SSSR count). The van der Waals surface area contributed by atoms with Crippen LogP contribution in [0.15, 0.2) is 78.4 Å². The Morgan fingerprint density at radius 2 is 1.91 bits per heavy atom. The number of nitrogens with one attached hydrogen (secondary N) is 1. The van der Waals surface area contributed by atoms with Gasteiger partial charge >= 0.3 is 5.97 Å². The van der Waals surface area contributed by atoms with Crippen molar-refractivity contribution < 1.29 is 19.7 Å². The van der Waals surface area contributed by atoms with E-state index in [0.29, 0.717) is 18.7 Å². The number of hydrogen-bond donors (Lipinski definition) is 3. The number of ether oxygens (including phenoxy) is 1. The Morgan fingerprint density at radius 3 is 2.66 bits per heavy atom. The SMILES string of the molecule is O=C(O)c1csc(-c2ccc(-c3ccc4c(c3)CC[C@H](CNC[C@H](O)c3cccnc3)O4)cc2)c1. The molecule has 0 bridgehead atoms. The minimum Gasteiger partial charge on any atom is -0.489 e. The van der Waals surface area contributed by atoms with Gasteiger partial charge in [-0.15, -0.1) is 11.3 Å². The summed E-state index contributed by atoms with van der Waals surface area (Å²) in [6.45, 7) is 1.13. The molecule has 0 amide bonds. The molecule has 2 aromatic heterocycles. The first kappa shape index (κ1) is 23.2. The van der Waals surface area contributed by atoms with Crippen LogP contribution in [0, 0.1) is 0 Å². The zero-order chi connectivity index (χ0) is 24.2. The summed E-state index contributed by atoms with van der Waals surface area (Å²) < 4.78 is 6.21. The van der Waals surface area contributed by atoms with Crippen molar-refractivity contribution in [1.29, 1.82) is 0 Å². The Morgan fingerprint density at radius 1 is 1.11 bits per heavy atom. The molecule has 3 N–H and O–H groups in total. The zero-order valence-electron chi connectivity index (χ0n) is 19.1. The number of aryl methyl sites for hydroxylation is 1. The highest BCUT2D eigenvalue weighted by molar-refractivity contribution is 7.13. The number of aromatic carboxylic acids is 1. The van der Waals surface area contributed by atoms with E-state index in [1.54, 1.807) is 23.8 Å². The van der Waals surface area contributed by atoms with E-state index in [2.05, 4.69) is 34.6 Å². The van der Waals surface area contributed by atoms with Crippen LogP contribution in [-0.2, 0) is 6.42 Å². The highest BCUT2D eigenvalue weighted by Gasteiger charge is 2.20. The fraction of sp³-hybridized carbons (Fsp3) is 0.214. The van der Waals surface area contributed by atoms with Crippen LogP contribution in [-0.4, -0.2) is 40.4 Å². The number of rotatable bonds is 8. The molecule has 0 spiro atoms. The summed E-state index contributed by atoms with van der Waals surface area (Å²) in [4.78, 5) is 16.1. The summed E-state index contributed by atoms with van der Waals surface area (Å²) in [6.07, 6.45) is 4.70. The largest absolute Gasteiger partial charge is 0.489 e. The highest BCUT2D eigenvalue weighted by atomic mass is 32.1. The van der Waals surface area contributed by atoms with E-state index in [9.17, 15) is 9.90 Å². The number of carbonyl (C=O) groups is 1. The molecule has 0 aliphatic carbocycles. The molecule has 0 saturated heterocycles. The summed E-state index contributed by atoms with van der Waals surface area (Å²) in [7, 11) is 0. The van der Waals surface area contributed by atoms with E-state index in [-0.39, 0.29) is 6.10 Å². The third-order valence-electron chi connectivity index (χ3n) is 6.22. The molecule has 4 aromatic rings. The fourth-order valence-corrected chi connectivity index (χ4v) is 5.16. The first-order valence-corrected chi connectivity index (χ1v) is 12.5. The molecule has 2 atom stereocenters. The van der Waals surface area contributed by atoms with Crippen molar-refractivity contribution >= 4 is 17.3 Å². The lowest BCUT2D eigenvalue weighted by Crippen LogP contribution is -2.36. The van der Waals surface area contributed by atoms with Crippen LogP contribution >= 0.6 is 11.3 Å². The number of pyridine rings is 1. The van der Waals surface area contributed by atoms with Gasteiger partial charge in [-0.1, -0.05) is 36.4 Å². The molecule has 0 radical (unpaired) electrons. The van der Waals surface area contributed by atoms with Crippen LogP contribution in [0.1, 0.15) is 34.0 Å².